The molecule has 2 N–H and O–H groups in total. The fourth-order valence-electron chi connectivity index (χ4n) is 4.11. The molecule has 0 radical (unpaired) electrons. The summed E-state index contributed by atoms with van der Waals surface area (Å²) in [6.45, 7) is 8.27. The number of likely N-dealkylation sites (tertiary alicyclic amines) is 2. The van der Waals surface area contributed by atoms with Crippen LogP contribution in [0.1, 0.15) is 32.3 Å². The van der Waals surface area contributed by atoms with Crippen LogP contribution in [0.5, 0.6) is 0 Å². The third-order valence-corrected chi connectivity index (χ3v) is 5.76. The van der Waals surface area contributed by atoms with E-state index in [9.17, 15) is 9.90 Å². The Morgan fingerprint density at radius 2 is 2.08 bits per heavy atom. The monoisotopic (exact) mass is 345 g/mol. The molecule has 4 atom stereocenters. The zero-order valence-corrected chi connectivity index (χ0v) is 15.4. The van der Waals surface area contributed by atoms with Crippen molar-refractivity contribution in [1.29, 1.82) is 0 Å². The van der Waals surface area contributed by atoms with Gasteiger partial charge in [-0.1, -0.05) is 30.3 Å². The molecule has 138 valence electrons. The van der Waals surface area contributed by atoms with Crippen LogP contribution in [0, 0.1) is 11.8 Å². The summed E-state index contributed by atoms with van der Waals surface area (Å²) in [5.41, 5.74) is 1.35. The van der Waals surface area contributed by atoms with Gasteiger partial charge in [0.25, 0.3) is 0 Å². The molecule has 25 heavy (non-hydrogen) atoms. The number of hydrogen-bond donors (Lipinski definition) is 2. The van der Waals surface area contributed by atoms with Gasteiger partial charge in [-0.05, 0) is 38.2 Å². The molecule has 5 nitrogen and oxygen atoms in total. The first kappa shape index (κ1) is 18.2. The third-order valence-electron chi connectivity index (χ3n) is 5.76. The Hall–Kier alpha value is -1.59. The number of nitrogens with zero attached hydrogens (tertiary/aromatic N) is 2. The summed E-state index contributed by atoms with van der Waals surface area (Å²) < 4.78 is 0. The van der Waals surface area contributed by atoms with Crippen molar-refractivity contribution in [1.82, 2.24) is 15.1 Å². The Kier molecular flexibility index (Phi) is 5.97. The number of hydrogen-bond acceptors (Lipinski definition) is 3. The summed E-state index contributed by atoms with van der Waals surface area (Å²) in [5.74, 6) is 0.733. The van der Waals surface area contributed by atoms with Gasteiger partial charge in [0.1, 0.15) is 0 Å². The summed E-state index contributed by atoms with van der Waals surface area (Å²) in [4.78, 5) is 16.7. The van der Waals surface area contributed by atoms with Crippen LogP contribution in [-0.4, -0.2) is 59.3 Å². The van der Waals surface area contributed by atoms with Crippen LogP contribution in [0.4, 0.5) is 4.79 Å². The molecule has 2 heterocycles. The molecule has 2 fully saturated rings. The lowest BCUT2D eigenvalue weighted by molar-refractivity contribution is 0.129. The lowest BCUT2D eigenvalue weighted by Gasteiger charge is -2.21. The number of aliphatic hydroxyl groups is 1. The molecule has 3 rings (SSSR count). The predicted octanol–water partition coefficient (Wildman–Crippen LogP) is 2.31. The fraction of sp³-hybridized carbons (Fsp3) is 0.650. The van der Waals surface area contributed by atoms with Crippen molar-refractivity contribution in [3.8, 4) is 0 Å². The molecule has 0 bridgehead atoms. The zero-order chi connectivity index (χ0) is 17.8. The molecule has 2 aliphatic heterocycles. The van der Waals surface area contributed by atoms with E-state index < -0.39 is 0 Å². The minimum absolute atomic E-state index is 0.0253. The Balaban J connectivity index is 1.43. The number of carbonyl (C=O) groups excluding carboxylic acids is 1. The molecule has 0 saturated carbocycles. The van der Waals surface area contributed by atoms with Crippen molar-refractivity contribution in [2.24, 2.45) is 11.8 Å². The van der Waals surface area contributed by atoms with E-state index in [0.29, 0.717) is 18.5 Å². The van der Waals surface area contributed by atoms with Gasteiger partial charge in [-0.15, -0.1) is 0 Å². The van der Waals surface area contributed by atoms with Crippen molar-refractivity contribution in [2.75, 3.05) is 26.2 Å². The maximum absolute atomic E-state index is 12.3. The van der Waals surface area contributed by atoms with Gasteiger partial charge in [-0.3, -0.25) is 4.90 Å². The van der Waals surface area contributed by atoms with Crippen LogP contribution in [-0.2, 0) is 6.54 Å². The Labute approximate surface area is 151 Å². The molecule has 2 amide bonds. The lowest BCUT2D eigenvalue weighted by atomic mass is 10.0. The van der Waals surface area contributed by atoms with Gasteiger partial charge >= 0.3 is 6.03 Å². The van der Waals surface area contributed by atoms with Crippen molar-refractivity contribution >= 4 is 6.03 Å². The Morgan fingerprint density at radius 1 is 1.32 bits per heavy atom. The normalized spacial score (nSPS) is 28.3. The van der Waals surface area contributed by atoms with E-state index in [1.54, 1.807) is 0 Å². The van der Waals surface area contributed by atoms with Gasteiger partial charge < -0.3 is 15.3 Å². The minimum atomic E-state index is -0.333. The zero-order valence-electron chi connectivity index (χ0n) is 15.4. The minimum Gasteiger partial charge on any atom is -0.393 e. The standard InChI is InChI=1S/C20H31N3O2/c1-15-10-18(13-23(15)12-17-6-4-3-5-7-17)11-21-20(25)22-9-8-19(14-22)16(2)24/h3-7,15-16,18-19,24H,8-14H2,1-2H3,(H,21,25)/t15-,16-,18-,19+/m0/s1. The van der Waals surface area contributed by atoms with E-state index in [4.69, 9.17) is 0 Å². The first-order valence-electron chi connectivity index (χ1n) is 9.51. The molecular weight excluding hydrogens is 314 g/mol. The number of carbonyl (C=O) groups is 1. The van der Waals surface area contributed by atoms with E-state index in [-0.39, 0.29) is 18.1 Å². The van der Waals surface area contributed by atoms with Crippen LogP contribution in [0.2, 0.25) is 0 Å². The quantitative estimate of drug-likeness (QED) is 0.861. The molecule has 0 aromatic heterocycles. The number of amides is 2. The summed E-state index contributed by atoms with van der Waals surface area (Å²) in [6, 6.07) is 11.2. The van der Waals surface area contributed by atoms with E-state index in [2.05, 4.69) is 47.5 Å². The largest absolute Gasteiger partial charge is 0.393 e. The second-order valence-electron chi connectivity index (χ2n) is 7.79. The van der Waals surface area contributed by atoms with E-state index in [1.807, 2.05) is 11.8 Å². The fourth-order valence-corrected chi connectivity index (χ4v) is 4.11. The smallest absolute Gasteiger partial charge is 0.317 e. The number of rotatable bonds is 5. The third kappa shape index (κ3) is 4.73. The maximum Gasteiger partial charge on any atom is 0.317 e. The molecule has 2 saturated heterocycles. The topological polar surface area (TPSA) is 55.8 Å². The molecule has 2 aliphatic rings. The summed E-state index contributed by atoms with van der Waals surface area (Å²) in [6.07, 6.45) is 1.69. The van der Waals surface area contributed by atoms with Gasteiger partial charge in [-0.25, -0.2) is 4.79 Å². The van der Waals surface area contributed by atoms with Gasteiger partial charge in [-0.2, -0.15) is 0 Å². The highest BCUT2D eigenvalue weighted by molar-refractivity contribution is 5.74. The summed E-state index contributed by atoms with van der Waals surface area (Å²) in [5, 5.41) is 12.8. The predicted molar refractivity (Wildman–Crippen MR) is 99.2 cm³/mol. The highest BCUT2D eigenvalue weighted by Crippen LogP contribution is 2.25. The van der Waals surface area contributed by atoms with E-state index in [0.717, 1.165) is 39.0 Å². The Bertz CT molecular complexity index is 563. The number of benzene rings is 1. The van der Waals surface area contributed by atoms with Crippen molar-refractivity contribution in [3.05, 3.63) is 35.9 Å². The lowest BCUT2D eigenvalue weighted by Crippen LogP contribution is -2.41. The highest BCUT2D eigenvalue weighted by atomic mass is 16.3. The molecular formula is C20H31N3O2. The van der Waals surface area contributed by atoms with Gasteiger partial charge in [0.05, 0.1) is 6.10 Å². The molecule has 1 aromatic carbocycles. The Morgan fingerprint density at radius 3 is 2.76 bits per heavy atom. The van der Waals surface area contributed by atoms with Crippen LogP contribution in [0.15, 0.2) is 30.3 Å². The second kappa shape index (κ2) is 8.19. The van der Waals surface area contributed by atoms with Crippen LogP contribution < -0.4 is 5.32 Å². The van der Waals surface area contributed by atoms with Crippen LogP contribution in [0.3, 0.4) is 0 Å². The number of urea groups is 1. The molecule has 1 aromatic rings. The van der Waals surface area contributed by atoms with Gasteiger partial charge in [0, 0.05) is 44.7 Å². The SMILES string of the molecule is C[C@H](O)[C@@H]1CCN(C(=O)NC[C@@H]2C[C@H](C)N(Cc3ccccc3)C2)C1. The second-order valence-corrected chi connectivity index (χ2v) is 7.79. The van der Waals surface area contributed by atoms with Crippen molar-refractivity contribution in [3.63, 3.8) is 0 Å². The summed E-state index contributed by atoms with van der Waals surface area (Å²) in [7, 11) is 0. The molecule has 0 spiro atoms. The van der Waals surface area contributed by atoms with Crippen molar-refractivity contribution in [2.45, 2.75) is 45.4 Å². The van der Waals surface area contributed by atoms with Crippen LogP contribution >= 0.6 is 0 Å². The molecule has 0 unspecified atom stereocenters. The van der Waals surface area contributed by atoms with Crippen LogP contribution in [0.25, 0.3) is 0 Å². The van der Waals surface area contributed by atoms with Gasteiger partial charge in [0.2, 0.25) is 0 Å². The van der Waals surface area contributed by atoms with Gasteiger partial charge in [0.15, 0.2) is 0 Å². The average Bonchev–Trinajstić information content (AvgIpc) is 3.21. The average molecular weight is 345 g/mol. The first-order chi connectivity index (χ1) is 12.0. The molecule has 0 aliphatic carbocycles. The van der Waals surface area contributed by atoms with Crippen molar-refractivity contribution < 1.29 is 9.90 Å². The number of nitrogens with one attached hydrogen (secondary N) is 1. The van der Waals surface area contributed by atoms with E-state index >= 15 is 0 Å². The highest BCUT2D eigenvalue weighted by Gasteiger charge is 2.31. The number of aliphatic hydroxyl groups excluding tert-OH is 1. The molecule has 5 heteroatoms. The van der Waals surface area contributed by atoms with E-state index in [1.165, 1.54) is 5.56 Å². The maximum atomic E-state index is 12.3. The first-order valence-corrected chi connectivity index (χ1v) is 9.51. The summed E-state index contributed by atoms with van der Waals surface area (Å²) >= 11 is 0.